The maximum absolute atomic E-state index is 13.0. The van der Waals surface area contributed by atoms with Crippen LogP contribution in [0.25, 0.3) is 11.4 Å². The van der Waals surface area contributed by atoms with E-state index in [1.807, 2.05) is 18.2 Å². The van der Waals surface area contributed by atoms with Crippen LogP contribution in [0.2, 0.25) is 0 Å². The molecule has 0 bridgehead atoms. The fraction of sp³-hybridized carbons (Fsp3) is 0.542. The lowest BCUT2D eigenvalue weighted by atomic mass is 9.95. The molecule has 1 aromatic heterocycles. The van der Waals surface area contributed by atoms with Gasteiger partial charge in [-0.05, 0) is 58.0 Å². The number of anilines is 1. The Morgan fingerprint density at radius 2 is 1.87 bits per heavy atom. The lowest BCUT2D eigenvalue weighted by molar-refractivity contribution is -0.126. The molecule has 0 spiro atoms. The molecule has 158 valence electrons. The standard InChI is InChI=1S/C24H31N5O/c30-24(26-19-11-13-25-14-12-19)18-8-5-15-29(16-18)23-20-9-4-10-21(20)27-22(28-23)17-6-2-1-3-7-17/h1-3,6-7,18-19,25H,4-5,8-16H2,(H,26,30)/t18-/m0/s1. The van der Waals surface area contributed by atoms with Crippen LogP contribution in [0.5, 0.6) is 0 Å². The smallest absolute Gasteiger partial charge is 0.225 e. The van der Waals surface area contributed by atoms with E-state index in [0.29, 0.717) is 6.04 Å². The minimum absolute atomic E-state index is 0.0424. The molecule has 5 rings (SSSR count). The third-order valence-electron chi connectivity index (χ3n) is 6.72. The number of amides is 1. The van der Waals surface area contributed by atoms with Crippen molar-refractivity contribution in [3.8, 4) is 11.4 Å². The van der Waals surface area contributed by atoms with E-state index in [0.717, 1.165) is 88.3 Å². The van der Waals surface area contributed by atoms with Crippen molar-refractivity contribution in [1.29, 1.82) is 0 Å². The quantitative estimate of drug-likeness (QED) is 0.819. The van der Waals surface area contributed by atoms with Crippen LogP contribution >= 0.6 is 0 Å². The predicted molar refractivity (Wildman–Crippen MR) is 118 cm³/mol. The fourth-order valence-electron chi connectivity index (χ4n) is 5.06. The van der Waals surface area contributed by atoms with Crippen molar-refractivity contribution in [3.63, 3.8) is 0 Å². The van der Waals surface area contributed by atoms with E-state index < -0.39 is 0 Å². The van der Waals surface area contributed by atoms with E-state index in [4.69, 9.17) is 9.97 Å². The highest BCUT2D eigenvalue weighted by Crippen LogP contribution is 2.33. The van der Waals surface area contributed by atoms with Crippen LogP contribution in [0.3, 0.4) is 0 Å². The van der Waals surface area contributed by atoms with Gasteiger partial charge in [0.1, 0.15) is 5.82 Å². The van der Waals surface area contributed by atoms with Crippen molar-refractivity contribution in [1.82, 2.24) is 20.6 Å². The Bertz CT molecular complexity index is 894. The molecule has 1 aromatic carbocycles. The van der Waals surface area contributed by atoms with Gasteiger partial charge in [0.25, 0.3) is 0 Å². The second-order valence-electron chi connectivity index (χ2n) is 8.83. The van der Waals surface area contributed by atoms with Gasteiger partial charge in [-0.1, -0.05) is 30.3 Å². The van der Waals surface area contributed by atoms with E-state index in [1.165, 1.54) is 11.3 Å². The number of nitrogens with zero attached hydrogens (tertiary/aromatic N) is 3. The molecule has 2 aromatic rings. The zero-order valence-corrected chi connectivity index (χ0v) is 17.6. The zero-order chi connectivity index (χ0) is 20.3. The summed E-state index contributed by atoms with van der Waals surface area (Å²) in [6.07, 6.45) is 7.27. The van der Waals surface area contributed by atoms with Gasteiger partial charge in [-0.3, -0.25) is 4.79 Å². The minimum atomic E-state index is 0.0424. The summed E-state index contributed by atoms with van der Waals surface area (Å²) in [6.45, 7) is 3.72. The molecule has 3 heterocycles. The average Bonchev–Trinajstić information content (AvgIpc) is 3.28. The number of hydrogen-bond acceptors (Lipinski definition) is 5. The van der Waals surface area contributed by atoms with Gasteiger partial charge in [0.05, 0.1) is 5.92 Å². The Balaban J connectivity index is 1.37. The Morgan fingerprint density at radius 3 is 2.70 bits per heavy atom. The number of carbonyl (C=O) groups excluding carboxylic acids is 1. The first-order valence-electron chi connectivity index (χ1n) is 11.5. The second-order valence-corrected chi connectivity index (χ2v) is 8.83. The highest BCUT2D eigenvalue weighted by atomic mass is 16.2. The molecule has 2 N–H and O–H groups in total. The van der Waals surface area contributed by atoms with Gasteiger partial charge >= 0.3 is 0 Å². The Morgan fingerprint density at radius 1 is 1.03 bits per heavy atom. The van der Waals surface area contributed by atoms with Crippen molar-refractivity contribution >= 4 is 11.7 Å². The summed E-state index contributed by atoms with van der Waals surface area (Å²) in [7, 11) is 0. The highest BCUT2D eigenvalue weighted by Gasteiger charge is 2.31. The van der Waals surface area contributed by atoms with Crippen molar-refractivity contribution in [2.24, 2.45) is 5.92 Å². The predicted octanol–water partition coefficient (Wildman–Crippen LogP) is 2.72. The van der Waals surface area contributed by atoms with Crippen LogP contribution < -0.4 is 15.5 Å². The molecule has 1 amide bonds. The molecule has 1 aliphatic carbocycles. The number of carbonyl (C=O) groups is 1. The first kappa shape index (κ1) is 19.5. The third kappa shape index (κ3) is 4.06. The monoisotopic (exact) mass is 405 g/mol. The van der Waals surface area contributed by atoms with Crippen LogP contribution in [-0.4, -0.2) is 48.1 Å². The maximum atomic E-state index is 13.0. The number of nitrogens with one attached hydrogen (secondary N) is 2. The fourth-order valence-corrected chi connectivity index (χ4v) is 5.06. The maximum Gasteiger partial charge on any atom is 0.225 e. The number of aryl methyl sites for hydroxylation is 1. The van der Waals surface area contributed by atoms with Gasteiger partial charge in [0.15, 0.2) is 5.82 Å². The summed E-state index contributed by atoms with van der Waals surface area (Å²) < 4.78 is 0. The molecule has 1 atom stereocenters. The summed E-state index contributed by atoms with van der Waals surface area (Å²) in [5, 5.41) is 6.68. The van der Waals surface area contributed by atoms with Gasteiger partial charge in [0, 0.05) is 36.0 Å². The van der Waals surface area contributed by atoms with E-state index >= 15 is 0 Å². The lowest BCUT2D eigenvalue weighted by Gasteiger charge is -2.35. The number of aromatic nitrogens is 2. The summed E-state index contributed by atoms with van der Waals surface area (Å²) in [5.74, 6) is 2.14. The van der Waals surface area contributed by atoms with Crippen LogP contribution in [0.4, 0.5) is 5.82 Å². The Labute approximate surface area is 178 Å². The van der Waals surface area contributed by atoms with E-state index in [1.54, 1.807) is 0 Å². The van der Waals surface area contributed by atoms with Gasteiger partial charge in [-0.15, -0.1) is 0 Å². The largest absolute Gasteiger partial charge is 0.355 e. The normalized spacial score (nSPS) is 22.0. The van der Waals surface area contributed by atoms with Crippen LogP contribution in [0.1, 0.15) is 43.4 Å². The second kappa shape index (κ2) is 8.72. The molecular weight excluding hydrogens is 374 g/mol. The average molecular weight is 406 g/mol. The summed E-state index contributed by atoms with van der Waals surface area (Å²) >= 11 is 0. The first-order chi connectivity index (χ1) is 14.8. The van der Waals surface area contributed by atoms with E-state index in [-0.39, 0.29) is 11.8 Å². The van der Waals surface area contributed by atoms with Crippen LogP contribution in [0, 0.1) is 5.92 Å². The SMILES string of the molecule is O=C(NC1CCNCC1)[C@H]1CCCN(c2nc(-c3ccccc3)nc3c2CCC3)C1. The molecule has 0 unspecified atom stereocenters. The van der Waals surface area contributed by atoms with Crippen LogP contribution in [-0.2, 0) is 17.6 Å². The van der Waals surface area contributed by atoms with Gasteiger partial charge in [-0.25, -0.2) is 9.97 Å². The molecule has 3 aliphatic rings. The number of benzene rings is 1. The van der Waals surface area contributed by atoms with Crippen LogP contribution in [0.15, 0.2) is 30.3 Å². The molecule has 30 heavy (non-hydrogen) atoms. The van der Waals surface area contributed by atoms with E-state index in [9.17, 15) is 4.79 Å². The molecule has 0 radical (unpaired) electrons. The number of fused-ring (bicyclic) bond motifs is 1. The lowest BCUT2D eigenvalue weighted by Crippen LogP contribution is -2.49. The van der Waals surface area contributed by atoms with Crippen molar-refractivity contribution in [3.05, 3.63) is 41.6 Å². The van der Waals surface area contributed by atoms with Gasteiger partial charge < -0.3 is 15.5 Å². The number of hydrogen-bond donors (Lipinski definition) is 2. The summed E-state index contributed by atoms with van der Waals surface area (Å²) in [4.78, 5) is 25.2. The van der Waals surface area contributed by atoms with Crippen molar-refractivity contribution < 1.29 is 4.79 Å². The minimum Gasteiger partial charge on any atom is -0.355 e. The summed E-state index contributed by atoms with van der Waals surface area (Å²) in [5.41, 5.74) is 3.56. The Hall–Kier alpha value is -2.47. The molecule has 2 fully saturated rings. The molecule has 6 heteroatoms. The van der Waals surface area contributed by atoms with Crippen molar-refractivity contribution in [2.75, 3.05) is 31.1 Å². The molecule has 0 saturated carbocycles. The molecule has 2 saturated heterocycles. The number of piperidine rings is 2. The van der Waals surface area contributed by atoms with Gasteiger partial charge in [0.2, 0.25) is 5.91 Å². The first-order valence-corrected chi connectivity index (χ1v) is 11.5. The van der Waals surface area contributed by atoms with Gasteiger partial charge in [-0.2, -0.15) is 0 Å². The highest BCUT2D eigenvalue weighted by molar-refractivity contribution is 5.80. The van der Waals surface area contributed by atoms with Crippen molar-refractivity contribution in [2.45, 2.75) is 51.0 Å². The molecule has 2 aliphatic heterocycles. The molecular formula is C24H31N5O. The zero-order valence-electron chi connectivity index (χ0n) is 17.6. The molecule has 6 nitrogen and oxygen atoms in total. The third-order valence-corrected chi connectivity index (χ3v) is 6.72. The van der Waals surface area contributed by atoms with E-state index in [2.05, 4.69) is 27.7 Å². The summed E-state index contributed by atoms with van der Waals surface area (Å²) in [6, 6.07) is 10.6. The number of rotatable bonds is 4. The topological polar surface area (TPSA) is 70.2 Å². The Kier molecular flexibility index (Phi) is 5.67.